The van der Waals surface area contributed by atoms with Gasteiger partial charge in [0.05, 0.1) is 23.8 Å². The summed E-state index contributed by atoms with van der Waals surface area (Å²) in [5, 5.41) is 7.28. The van der Waals surface area contributed by atoms with E-state index < -0.39 is 0 Å². The first-order chi connectivity index (χ1) is 11.9. The molecule has 2 aromatic rings. The van der Waals surface area contributed by atoms with Crippen LogP contribution in [0.2, 0.25) is 0 Å². The van der Waals surface area contributed by atoms with Crippen molar-refractivity contribution in [3.8, 4) is 0 Å². The quantitative estimate of drug-likeness (QED) is 0.904. The zero-order valence-electron chi connectivity index (χ0n) is 15.0. The van der Waals surface area contributed by atoms with Crippen molar-refractivity contribution >= 4 is 5.91 Å². The largest absolute Gasteiger partial charge is 0.369 e. The van der Waals surface area contributed by atoms with E-state index in [1.54, 1.807) is 0 Å². The number of ether oxygens (including phenoxy) is 1. The summed E-state index contributed by atoms with van der Waals surface area (Å²) in [6.45, 7) is 9.24. The molecule has 0 bridgehead atoms. The Balaban J connectivity index is 1.49. The Bertz CT molecular complexity index is 805. The fraction of sp³-hybridized carbons (Fsp3) is 0.556. The van der Waals surface area contributed by atoms with Crippen LogP contribution in [0.3, 0.4) is 0 Å². The molecule has 0 spiro atoms. The van der Waals surface area contributed by atoms with Crippen molar-refractivity contribution in [2.75, 3.05) is 13.1 Å². The number of carbonyl (C=O) groups is 1. The smallest absolute Gasteiger partial charge is 0.274 e. The zero-order chi connectivity index (χ0) is 17.7. The summed E-state index contributed by atoms with van der Waals surface area (Å²) in [5.74, 6) is 1.03. The fourth-order valence-corrected chi connectivity index (χ4v) is 3.74. The van der Waals surface area contributed by atoms with Gasteiger partial charge in [-0.2, -0.15) is 5.10 Å². The number of hydrogen-bond acceptors (Lipinski definition) is 5. The van der Waals surface area contributed by atoms with E-state index in [2.05, 4.69) is 20.2 Å². The minimum atomic E-state index is -0.0550. The van der Waals surface area contributed by atoms with Crippen LogP contribution in [0, 0.1) is 13.8 Å². The molecule has 1 fully saturated rings. The Morgan fingerprint density at radius 1 is 1.24 bits per heavy atom. The molecule has 1 amide bonds. The van der Waals surface area contributed by atoms with E-state index in [0.29, 0.717) is 25.2 Å². The summed E-state index contributed by atoms with van der Waals surface area (Å²) in [5.41, 5.74) is 4.41. The summed E-state index contributed by atoms with van der Waals surface area (Å²) in [7, 11) is 0. The molecule has 132 valence electrons. The normalized spacial score (nSPS) is 23.3. The van der Waals surface area contributed by atoms with Gasteiger partial charge in [0, 0.05) is 36.5 Å². The molecule has 2 aromatic heterocycles. The molecule has 0 unspecified atom stereocenters. The van der Waals surface area contributed by atoms with E-state index in [1.165, 1.54) is 0 Å². The van der Waals surface area contributed by atoms with Crippen LogP contribution in [0.25, 0.3) is 0 Å². The van der Waals surface area contributed by atoms with Gasteiger partial charge in [-0.3, -0.25) is 9.89 Å². The number of aromatic nitrogens is 4. The first-order valence-corrected chi connectivity index (χ1v) is 8.76. The van der Waals surface area contributed by atoms with E-state index in [4.69, 9.17) is 4.74 Å². The topological polar surface area (TPSA) is 84.0 Å². The molecule has 4 heterocycles. The number of likely N-dealkylation sites (tertiary alicyclic amines) is 1. The molecule has 0 aliphatic carbocycles. The van der Waals surface area contributed by atoms with Crippen molar-refractivity contribution in [2.24, 2.45) is 0 Å². The summed E-state index contributed by atoms with van der Waals surface area (Å²) in [6, 6.07) is 1.96. The van der Waals surface area contributed by atoms with Gasteiger partial charge in [0.25, 0.3) is 5.91 Å². The van der Waals surface area contributed by atoms with Crippen molar-refractivity contribution in [3.05, 3.63) is 40.2 Å². The van der Waals surface area contributed by atoms with Crippen LogP contribution in [-0.4, -0.2) is 50.2 Å². The van der Waals surface area contributed by atoms with Crippen LogP contribution >= 0.6 is 0 Å². The highest BCUT2D eigenvalue weighted by Crippen LogP contribution is 2.32. The molecule has 0 aromatic carbocycles. The molecule has 1 N–H and O–H groups in total. The Kier molecular flexibility index (Phi) is 3.83. The molecule has 7 heteroatoms. The molecule has 0 radical (unpaired) electrons. The van der Waals surface area contributed by atoms with Gasteiger partial charge < -0.3 is 9.64 Å². The van der Waals surface area contributed by atoms with E-state index in [1.807, 2.05) is 38.7 Å². The highest BCUT2D eigenvalue weighted by Gasteiger charge is 2.38. The highest BCUT2D eigenvalue weighted by atomic mass is 16.5. The maximum Gasteiger partial charge on any atom is 0.274 e. The Hall–Kier alpha value is -2.28. The van der Waals surface area contributed by atoms with Crippen LogP contribution in [0.4, 0.5) is 0 Å². The van der Waals surface area contributed by atoms with Crippen molar-refractivity contribution in [1.82, 2.24) is 25.1 Å². The number of fused-ring (bicyclic) bond motifs is 1. The lowest BCUT2D eigenvalue weighted by atomic mass is 9.95. The average Bonchev–Trinajstić information content (AvgIpc) is 2.88. The second kappa shape index (κ2) is 5.91. The summed E-state index contributed by atoms with van der Waals surface area (Å²) in [4.78, 5) is 23.7. The third kappa shape index (κ3) is 2.82. The maximum atomic E-state index is 12.8. The average molecular weight is 341 g/mol. The summed E-state index contributed by atoms with van der Waals surface area (Å²) >= 11 is 0. The first-order valence-electron chi connectivity index (χ1n) is 8.76. The third-order valence-electron chi connectivity index (χ3n) is 4.97. The van der Waals surface area contributed by atoms with Gasteiger partial charge in [0.2, 0.25) is 0 Å². The van der Waals surface area contributed by atoms with Crippen molar-refractivity contribution in [2.45, 2.75) is 52.2 Å². The van der Waals surface area contributed by atoms with Crippen LogP contribution in [0.5, 0.6) is 0 Å². The van der Waals surface area contributed by atoms with Gasteiger partial charge in [-0.05, 0) is 33.8 Å². The lowest BCUT2D eigenvalue weighted by molar-refractivity contribution is -0.00706. The van der Waals surface area contributed by atoms with E-state index >= 15 is 0 Å². The molecule has 25 heavy (non-hydrogen) atoms. The Labute approximate surface area is 146 Å². The molecular weight excluding hydrogens is 318 g/mol. The van der Waals surface area contributed by atoms with Crippen molar-refractivity contribution < 1.29 is 9.53 Å². The van der Waals surface area contributed by atoms with E-state index in [0.717, 1.165) is 28.5 Å². The molecule has 1 saturated heterocycles. The van der Waals surface area contributed by atoms with Crippen molar-refractivity contribution in [1.29, 1.82) is 0 Å². The van der Waals surface area contributed by atoms with Gasteiger partial charge in [-0.25, -0.2) is 9.97 Å². The summed E-state index contributed by atoms with van der Waals surface area (Å²) in [6.07, 6.45) is 0.759. The van der Waals surface area contributed by atoms with Gasteiger partial charge >= 0.3 is 0 Å². The number of hydrogen-bond donors (Lipinski definition) is 1. The number of amides is 1. The standard InChI is InChI=1S/C18H23N5O2/c1-9-5-10(2)20-17(19-9)13-7-23(8-13)18(24)16-14-6-11(3)25-12(4)15(14)21-22-16/h5,11-13H,6-8H2,1-4H3,(H,21,22)/t11-,12+/m1/s1. The Morgan fingerprint density at radius 3 is 2.60 bits per heavy atom. The van der Waals surface area contributed by atoms with Crippen LogP contribution in [-0.2, 0) is 11.2 Å². The molecule has 2 atom stereocenters. The van der Waals surface area contributed by atoms with Gasteiger partial charge in [0.1, 0.15) is 5.82 Å². The number of rotatable bonds is 2. The monoisotopic (exact) mass is 341 g/mol. The van der Waals surface area contributed by atoms with Gasteiger partial charge in [0.15, 0.2) is 5.69 Å². The number of carbonyl (C=O) groups excluding carboxylic acids is 1. The minimum absolute atomic E-state index is 0.0144. The number of nitrogens with one attached hydrogen (secondary N) is 1. The third-order valence-corrected chi connectivity index (χ3v) is 4.97. The summed E-state index contributed by atoms with van der Waals surface area (Å²) < 4.78 is 5.79. The van der Waals surface area contributed by atoms with E-state index in [-0.39, 0.29) is 24.0 Å². The molecular formula is C18H23N5O2. The maximum absolute atomic E-state index is 12.8. The predicted molar refractivity (Wildman–Crippen MR) is 91.4 cm³/mol. The molecule has 4 rings (SSSR count). The van der Waals surface area contributed by atoms with Crippen LogP contribution < -0.4 is 0 Å². The van der Waals surface area contributed by atoms with Gasteiger partial charge in [-0.15, -0.1) is 0 Å². The number of H-pyrrole nitrogens is 1. The number of aryl methyl sites for hydroxylation is 2. The van der Waals surface area contributed by atoms with Gasteiger partial charge in [-0.1, -0.05) is 0 Å². The highest BCUT2D eigenvalue weighted by molar-refractivity contribution is 5.94. The zero-order valence-corrected chi connectivity index (χ0v) is 15.0. The van der Waals surface area contributed by atoms with Crippen LogP contribution in [0.1, 0.15) is 64.8 Å². The molecule has 2 aliphatic rings. The molecule has 7 nitrogen and oxygen atoms in total. The second-order valence-electron chi connectivity index (χ2n) is 7.17. The molecule has 0 saturated carbocycles. The lowest BCUT2D eigenvalue weighted by Gasteiger charge is -2.38. The SMILES string of the molecule is Cc1cc(C)nc(C2CN(C(=O)c3n[nH]c4c3C[C@@H](C)O[C@H]4C)C2)n1. The Morgan fingerprint density at radius 2 is 1.92 bits per heavy atom. The second-order valence-corrected chi connectivity index (χ2v) is 7.17. The predicted octanol–water partition coefficient (Wildman–Crippen LogP) is 2.08. The van der Waals surface area contributed by atoms with Crippen LogP contribution in [0.15, 0.2) is 6.07 Å². The van der Waals surface area contributed by atoms with Crippen molar-refractivity contribution in [3.63, 3.8) is 0 Å². The number of nitrogens with zero attached hydrogens (tertiary/aromatic N) is 4. The molecule has 2 aliphatic heterocycles. The first kappa shape index (κ1) is 16.2. The minimum Gasteiger partial charge on any atom is -0.369 e. The lowest BCUT2D eigenvalue weighted by Crippen LogP contribution is -2.49. The fourth-order valence-electron chi connectivity index (χ4n) is 3.74. The number of aromatic amines is 1. The van der Waals surface area contributed by atoms with E-state index in [9.17, 15) is 4.79 Å².